The molecule has 0 amide bonds. The van der Waals surface area contributed by atoms with Crippen LogP contribution in [0.3, 0.4) is 0 Å². The molecule has 4 nitrogen and oxygen atoms in total. The molecular weight excluding hydrogens is 310 g/mol. The molecule has 1 fully saturated rings. The predicted octanol–water partition coefficient (Wildman–Crippen LogP) is 2.62. The Morgan fingerprint density at radius 2 is 2.26 bits per heavy atom. The van der Waals surface area contributed by atoms with Crippen LogP contribution in [0, 0.1) is 5.92 Å². The number of hydrogen-bond acceptors (Lipinski definition) is 3. The minimum absolute atomic E-state index is 0.225. The number of halogens is 1. The Balaban J connectivity index is 1.77. The van der Waals surface area contributed by atoms with E-state index in [0.717, 1.165) is 36.2 Å². The minimum atomic E-state index is -0.684. The maximum atomic E-state index is 11.0. The van der Waals surface area contributed by atoms with Gasteiger partial charge in [0.15, 0.2) is 0 Å². The zero-order valence-corrected chi connectivity index (χ0v) is 12.3. The highest BCUT2D eigenvalue weighted by Crippen LogP contribution is 2.23. The fraction of sp³-hybridized carbons (Fsp3) is 0.500. The maximum absolute atomic E-state index is 11.0. The Morgan fingerprint density at radius 3 is 3.00 bits per heavy atom. The lowest BCUT2D eigenvalue weighted by molar-refractivity contribution is -0.143. The molecule has 1 aromatic carbocycles. The topological polar surface area (TPSA) is 49.8 Å². The third kappa shape index (κ3) is 4.21. The Kier molecular flexibility index (Phi) is 5.22. The highest BCUT2D eigenvalue weighted by Gasteiger charge is 2.24. The number of nitrogens with zero attached hydrogens (tertiary/aromatic N) is 1. The number of carboxylic acids is 1. The number of carbonyl (C=O) groups is 1. The van der Waals surface area contributed by atoms with Crippen molar-refractivity contribution in [3.8, 4) is 5.75 Å². The van der Waals surface area contributed by atoms with Crippen molar-refractivity contribution in [1.82, 2.24) is 4.90 Å². The summed E-state index contributed by atoms with van der Waals surface area (Å²) >= 11 is 3.43. The molecule has 0 aromatic heterocycles. The average molecular weight is 328 g/mol. The Morgan fingerprint density at radius 1 is 1.47 bits per heavy atom. The lowest BCUT2D eigenvalue weighted by Gasteiger charge is -2.30. The molecule has 1 aliphatic rings. The molecule has 5 heteroatoms. The van der Waals surface area contributed by atoms with Gasteiger partial charge in [-0.3, -0.25) is 9.69 Å². The van der Waals surface area contributed by atoms with E-state index in [0.29, 0.717) is 13.2 Å². The minimum Gasteiger partial charge on any atom is -0.491 e. The summed E-state index contributed by atoms with van der Waals surface area (Å²) in [6.07, 6.45) is 1.74. The average Bonchev–Trinajstić information content (AvgIpc) is 2.41. The number of hydrogen-bond donors (Lipinski definition) is 1. The summed E-state index contributed by atoms with van der Waals surface area (Å²) in [5.41, 5.74) is 0. The van der Waals surface area contributed by atoms with Crippen molar-refractivity contribution in [2.24, 2.45) is 5.92 Å². The van der Waals surface area contributed by atoms with Crippen LogP contribution in [0.2, 0.25) is 0 Å². The van der Waals surface area contributed by atoms with Gasteiger partial charge in [0.25, 0.3) is 0 Å². The van der Waals surface area contributed by atoms with E-state index in [9.17, 15) is 4.79 Å². The van der Waals surface area contributed by atoms with Crippen molar-refractivity contribution in [2.75, 3.05) is 26.2 Å². The maximum Gasteiger partial charge on any atom is 0.307 e. The van der Waals surface area contributed by atoms with Crippen LogP contribution in [-0.2, 0) is 4.79 Å². The number of likely N-dealkylation sites (tertiary alicyclic amines) is 1. The number of piperidine rings is 1. The first-order chi connectivity index (χ1) is 9.16. The van der Waals surface area contributed by atoms with E-state index in [1.54, 1.807) is 0 Å². The lowest BCUT2D eigenvalue weighted by Crippen LogP contribution is -2.40. The fourth-order valence-corrected chi connectivity index (χ4v) is 2.71. The van der Waals surface area contributed by atoms with Gasteiger partial charge in [0.1, 0.15) is 12.4 Å². The van der Waals surface area contributed by atoms with Crippen LogP contribution in [0.25, 0.3) is 0 Å². The molecule has 0 spiro atoms. The van der Waals surface area contributed by atoms with E-state index in [1.165, 1.54) is 0 Å². The molecule has 2 rings (SSSR count). The van der Waals surface area contributed by atoms with Crippen molar-refractivity contribution in [3.05, 3.63) is 28.7 Å². The van der Waals surface area contributed by atoms with Crippen LogP contribution >= 0.6 is 15.9 Å². The fourth-order valence-electron chi connectivity index (χ4n) is 2.31. The number of aliphatic carboxylic acids is 1. The summed E-state index contributed by atoms with van der Waals surface area (Å²) in [5.74, 6) is -0.0806. The summed E-state index contributed by atoms with van der Waals surface area (Å²) < 4.78 is 6.64. The standard InChI is InChI=1S/C14H18BrNO3/c15-12-5-1-2-6-13(12)19-9-8-16-7-3-4-11(10-16)14(17)18/h1-2,5-6,11H,3-4,7-10H2,(H,17,18). The second-order valence-electron chi connectivity index (χ2n) is 4.76. The summed E-state index contributed by atoms with van der Waals surface area (Å²) in [7, 11) is 0. The molecule has 104 valence electrons. The molecule has 0 saturated carbocycles. The summed E-state index contributed by atoms with van der Waals surface area (Å²) in [4.78, 5) is 13.1. The van der Waals surface area contributed by atoms with Crippen molar-refractivity contribution in [3.63, 3.8) is 0 Å². The molecule has 0 bridgehead atoms. The van der Waals surface area contributed by atoms with Gasteiger partial charge in [0.05, 0.1) is 10.4 Å². The molecule has 1 unspecified atom stereocenters. The van der Waals surface area contributed by atoms with Gasteiger partial charge in [0, 0.05) is 13.1 Å². The van der Waals surface area contributed by atoms with Crippen LogP contribution in [0.1, 0.15) is 12.8 Å². The van der Waals surface area contributed by atoms with Gasteiger partial charge in [-0.25, -0.2) is 0 Å². The van der Waals surface area contributed by atoms with Crippen molar-refractivity contribution < 1.29 is 14.6 Å². The predicted molar refractivity (Wildman–Crippen MR) is 76.4 cm³/mol. The number of benzene rings is 1. The van der Waals surface area contributed by atoms with Gasteiger partial charge in [0.2, 0.25) is 0 Å². The summed E-state index contributed by atoms with van der Waals surface area (Å²) in [6, 6.07) is 7.73. The normalized spacial score (nSPS) is 20.2. The van der Waals surface area contributed by atoms with Crippen molar-refractivity contribution >= 4 is 21.9 Å². The quantitative estimate of drug-likeness (QED) is 0.903. The van der Waals surface area contributed by atoms with Crippen LogP contribution < -0.4 is 4.74 Å². The third-order valence-electron chi connectivity index (χ3n) is 3.36. The third-order valence-corrected chi connectivity index (χ3v) is 4.01. The van der Waals surface area contributed by atoms with Crippen molar-refractivity contribution in [1.29, 1.82) is 0 Å². The zero-order chi connectivity index (χ0) is 13.7. The van der Waals surface area contributed by atoms with E-state index in [1.807, 2.05) is 24.3 Å². The number of carboxylic acid groups (broad SMARTS) is 1. The first-order valence-corrected chi connectivity index (χ1v) is 7.28. The van der Waals surface area contributed by atoms with Crippen LogP contribution in [0.15, 0.2) is 28.7 Å². The molecule has 1 aliphatic heterocycles. The van der Waals surface area contributed by atoms with E-state index >= 15 is 0 Å². The second-order valence-corrected chi connectivity index (χ2v) is 5.61. The van der Waals surface area contributed by atoms with Gasteiger partial charge in [-0.15, -0.1) is 0 Å². The highest BCUT2D eigenvalue weighted by molar-refractivity contribution is 9.10. The number of rotatable bonds is 5. The van der Waals surface area contributed by atoms with Gasteiger partial charge >= 0.3 is 5.97 Å². The van der Waals surface area contributed by atoms with E-state index in [2.05, 4.69) is 20.8 Å². The smallest absolute Gasteiger partial charge is 0.307 e. The largest absolute Gasteiger partial charge is 0.491 e. The Labute approximate surface area is 121 Å². The SMILES string of the molecule is O=C(O)C1CCCN(CCOc2ccccc2Br)C1. The zero-order valence-electron chi connectivity index (χ0n) is 10.7. The molecule has 19 heavy (non-hydrogen) atoms. The lowest BCUT2D eigenvalue weighted by atomic mass is 9.98. The van der Waals surface area contributed by atoms with Gasteiger partial charge in [-0.05, 0) is 47.4 Å². The molecule has 1 heterocycles. The molecule has 0 aliphatic carbocycles. The van der Waals surface area contributed by atoms with Gasteiger partial charge < -0.3 is 9.84 Å². The van der Waals surface area contributed by atoms with Crippen LogP contribution in [0.4, 0.5) is 0 Å². The van der Waals surface area contributed by atoms with Crippen molar-refractivity contribution in [2.45, 2.75) is 12.8 Å². The number of para-hydroxylation sites is 1. The van der Waals surface area contributed by atoms with Crippen LogP contribution in [0.5, 0.6) is 5.75 Å². The molecular formula is C14H18BrNO3. The van der Waals surface area contributed by atoms with Gasteiger partial charge in [-0.1, -0.05) is 12.1 Å². The second kappa shape index (κ2) is 6.91. The number of ether oxygens (including phenoxy) is 1. The van der Waals surface area contributed by atoms with E-state index < -0.39 is 5.97 Å². The Hall–Kier alpha value is -1.07. The Bertz CT molecular complexity index is 438. The molecule has 0 radical (unpaired) electrons. The van der Waals surface area contributed by atoms with Gasteiger partial charge in [-0.2, -0.15) is 0 Å². The van der Waals surface area contributed by atoms with E-state index in [-0.39, 0.29) is 5.92 Å². The van der Waals surface area contributed by atoms with Crippen LogP contribution in [-0.4, -0.2) is 42.2 Å². The first-order valence-electron chi connectivity index (χ1n) is 6.49. The van der Waals surface area contributed by atoms with E-state index in [4.69, 9.17) is 9.84 Å². The highest BCUT2D eigenvalue weighted by atomic mass is 79.9. The molecule has 1 atom stereocenters. The summed E-state index contributed by atoms with van der Waals surface area (Å²) in [6.45, 7) is 2.94. The molecule has 1 aromatic rings. The first kappa shape index (κ1) is 14.3. The molecule has 1 N–H and O–H groups in total. The monoisotopic (exact) mass is 327 g/mol. The summed E-state index contributed by atoms with van der Waals surface area (Å²) in [5, 5.41) is 9.03. The molecule has 1 saturated heterocycles.